The number of anilines is 1. The van der Waals surface area contributed by atoms with Crippen LogP contribution in [0.1, 0.15) is 30.7 Å². The third kappa shape index (κ3) is 3.64. The van der Waals surface area contributed by atoms with Crippen LogP contribution in [0.2, 0.25) is 0 Å². The molecule has 27 heavy (non-hydrogen) atoms. The van der Waals surface area contributed by atoms with Gasteiger partial charge in [-0.05, 0) is 37.0 Å². The predicted molar refractivity (Wildman–Crippen MR) is 109 cm³/mol. The summed E-state index contributed by atoms with van der Waals surface area (Å²) in [6.45, 7) is 4.98. The topological polar surface area (TPSA) is 79.8 Å². The maximum atomic E-state index is 11.7. The lowest BCUT2D eigenvalue weighted by atomic mass is 10.2. The number of fused-ring (bicyclic) bond motifs is 3. The van der Waals surface area contributed by atoms with Crippen LogP contribution in [0.15, 0.2) is 24.5 Å². The minimum absolute atomic E-state index is 0.00640. The number of rotatable bonds is 6. The van der Waals surface area contributed by atoms with Gasteiger partial charge in [-0.25, -0.2) is 9.97 Å². The molecule has 3 aromatic rings. The highest BCUT2D eigenvalue weighted by atomic mass is 32.1. The van der Waals surface area contributed by atoms with Gasteiger partial charge in [0.05, 0.1) is 5.39 Å². The maximum Gasteiger partial charge on any atom is 0.222 e. The zero-order valence-electron chi connectivity index (χ0n) is 15.6. The molecule has 0 unspecified atom stereocenters. The van der Waals surface area contributed by atoms with Crippen LogP contribution < -0.4 is 10.6 Å². The summed E-state index contributed by atoms with van der Waals surface area (Å²) in [6.07, 6.45) is 6.95. The Morgan fingerprint density at radius 3 is 2.93 bits per heavy atom. The van der Waals surface area contributed by atoms with E-state index in [0.29, 0.717) is 18.9 Å². The largest absolute Gasteiger partial charge is 0.368 e. The Bertz CT molecular complexity index is 967. The third-order valence-electron chi connectivity index (χ3n) is 4.73. The first-order chi connectivity index (χ1) is 13.1. The number of aromatic nitrogens is 3. The van der Waals surface area contributed by atoms with Crippen LogP contribution in [0.25, 0.3) is 21.6 Å². The van der Waals surface area contributed by atoms with Gasteiger partial charge in [0.25, 0.3) is 0 Å². The summed E-state index contributed by atoms with van der Waals surface area (Å²) in [7, 11) is 0. The van der Waals surface area contributed by atoms with Crippen LogP contribution >= 0.6 is 11.3 Å². The quantitative estimate of drug-likeness (QED) is 0.640. The lowest BCUT2D eigenvalue weighted by Crippen LogP contribution is -2.32. The Morgan fingerprint density at radius 2 is 2.15 bits per heavy atom. The second kappa shape index (κ2) is 7.60. The summed E-state index contributed by atoms with van der Waals surface area (Å²) < 4.78 is 0. The van der Waals surface area contributed by atoms with E-state index in [-0.39, 0.29) is 11.8 Å². The monoisotopic (exact) mass is 381 g/mol. The van der Waals surface area contributed by atoms with Gasteiger partial charge in [-0.1, -0.05) is 13.8 Å². The summed E-state index contributed by atoms with van der Waals surface area (Å²) in [4.78, 5) is 28.0. The normalized spacial score (nSPS) is 13.1. The average molecular weight is 382 g/mol. The smallest absolute Gasteiger partial charge is 0.222 e. The summed E-state index contributed by atoms with van der Waals surface area (Å²) in [6, 6.07) is 3.87. The van der Waals surface area contributed by atoms with Gasteiger partial charge < -0.3 is 10.6 Å². The Kier molecular flexibility index (Phi) is 5.03. The van der Waals surface area contributed by atoms with Crippen molar-refractivity contribution < 1.29 is 4.79 Å². The van der Waals surface area contributed by atoms with Crippen LogP contribution in [0.3, 0.4) is 0 Å². The van der Waals surface area contributed by atoms with Crippen LogP contribution in [-0.2, 0) is 17.6 Å². The fourth-order valence-corrected chi connectivity index (χ4v) is 4.58. The Hall–Kier alpha value is -2.54. The van der Waals surface area contributed by atoms with Crippen molar-refractivity contribution in [3.8, 4) is 11.4 Å². The lowest BCUT2D eigenvalue weighted by Gasteiger charge is -2.11. The first-order valence-corrected chi connectivity index (χ1v) is 10.2. The number of carbonyl (C=O) groups excluding carboxylic acids is 1. The van der Waals surface area contributed by atoms with Crippen molar-refractivity contribution in [2.45, 2.75) is 33.1 Å². The number of hydrogen-bond donors (Lipinski definition) is 2. The molecule has 0 aliphatic heterocycles. The highest BCUT2D eigenvalue weighted by molar-refractivity contribution is 7.19. The Morgan fingerprint density at radius 1 is 1.26 bits per heavy atom. The number of nitrogens with zero attached hydrogens (tertiary/aromatic N) is 3. The van der Waals surface area contributed by atoms with E-state index in [9.17, 15) is 4.79 Å². The molecule has 4 rings (SSSR count). The van der Waals surface area contributed by atoms with Crippen LogP contribution in [0.5, 0.6) is 0 Å². The predicted octanol–water partition coefficient (Wildman–Crippen LogP) is 3.43. The van der Waals surface area contributed by atoms with Gasteiger partial charge in [0.15, 0.2) is 5.82 Å². The molecule has 0 saturated heterocycles. The maximum absolute atomic E-state index is 11.7. The van der Waals surface area contributed by atoms with Crippen LogP contribution in [0.4, 0.5) is 5.82 Å². The molecule has 0 spiro atoms. The first-order valence-electron chi connectivity index (χ1n) is 9.37. The molecule has 1 amide bonds. The van der Waals surface area contributed by atoms with Gasteiger partial charge in [0, 0.05) is 41.8 Å². The van der Waals surface area contributed by atoms with E-state index in [2.05, 4.69) is 15.6 Å². The Balaban J connectivity index is 1.63. The number of hydrogen-bond acceptors (Lipinski definition) is 6. The molecule has 3 heterocycles. The second-order valence-corrected chi connectivity index (χ2v) is 8.13. The molecule has 1 aliphatic rings. The molecule has 6 nitrogen and oxygen atoms in total. The van der Waals surface area contributed by atoms with Crippen LogP contribution in [0, 0.1) is 5.92 Å². The summed E-state index contributed by atoms with van der Waals surface area (Å²) in [5.74, 6) is 1.60. The molecule has 7 heteroatoms. The molecule has 3 aromatic heterocycles. The van der Waals surface area contributed by atoms with Gasteiger partial charge in [-0.15, -0.1) is 11.3 Å². The number of nitrogens with one attached hydrogen (secondary N) is 2. The van der Waals surface area contributed by atoms with Gasteiger partial charge in [-0.3, -0.25) is 9.78 Å². The summed E-state index contributed by atoms with van der Waals surface area (Å²) >= 11 is 1.78. The molecule has 0 bridgehead atoms. The molecular formula is C20H23N5OS. The van der Waals surface area contributed by atoms with E-state index in [0.717, 1.165) is 34.4 Å². The lowest BCUT2D eigenvalue weighted by molar-refractivity contribution is -0.123. The van der Waals surface area contributed by atoms with Crippen LogP contribution in [-0.4, -0.2) is 33.9 Å². The third-order valence-corrected chi connectivity index (χ3v) is 5.91. The highest BCUT2D eigenvalue weighted by Gasteiger charge is 2.22. The minimum Gasteiger partial charge on any atom is -0.368 e. The van der Waals surface area contributed by atoms with Crippen molar-refractivity contribution in [3.05, 3.63) is 35.0 Å². The molecule has 140 valence electrons. The van der Waals surface area contributed by atoms with Gasteiger partial charge >= 0.3 is 0 Å². The van der Waals surface area contributed by atoms with E-state index < -0.39 is 0 Å². The van der Waals surface area contributed by atoms with E-state index in [1.807, 2.05) is 26.0 Å². The van der Waals surface area contributed by atoms with Crippen molar-refractivity contribution in [2.24, 2.45) is 5.92 Å². The zero-order chi connectivity index (χ0) is 18.8. The molecule has 0 aromatic carbocycles. The minimum atomic E-state index is -0.00640. The van der Waals surface area contributed by atoms with E-state index in [1.165, 1.54) is 16.9 Å². The number of thiophene rings is 1. The SMILES string of the molecule is CC(C)C(=O)NCCNc1nc(-c2cccnc2)nc2sc3c(c12)CCC3. The van der Waals surface area contributed by atoms with Crippen molar-refractivity contribution in [1.29, 1.82) is 0 Å². The molecule has 0 fully saturated rings. The Labute approximate surface area is 162 Å². The zero-order valence-corrected chi connectivity index (χ0v) is 16.4. The van der Waals surface area contributed by atoms with Gasteiger partial charge in [0.1, 0.15) is 10.6 Å². The molecule has 0 atom stereocenters. The van der Waals surface area contributed by atoms with E-state index in [4.69, 9.17) is 9.97 Å². The molecule has 2 N–H and O–H groups in total. The number of amides is 1. The van der Waals surface area contributed by atoms with Crippen molar-refractivity contribution in [3.63, 3.8) is 0 Å². The second-order valence-electron chi connectivity index (χ2n) is 7.05. The van der Waals surface area contributed by atoms with Crippen molar-refractivity contribution >= 4 is 33.3 Å². The van der Waals surface area contributed by atoms with E-state index >= 15 is 0 Å². The summed E-state index contributed by atoms with van der Waals surface area (Å²) in [5, 5.41) is 7.52. The highest BCUT2D eigenvalue weighted by Crippen LogP contribution is 2.40. The fraction of sp³-hybridized carbons (Fsp3) is 0.400. The first kappa shape index (κ1) is 17.9. The number of carbonyl (C=O) groups is 1. The average Bonchev–Trinajstić information content (AvgIpc) is 3.26. The summed E-state index contributed by atoms with van der Waals surface area (Å²) in [5.41, 5.74) is 2.30. The number of aryl methyl sites for hydroxylation is 2. The molecule has 1 aliphatic carbocycles. The molecule has 0 radical (unpaired) electrons. The molecule has 0 saturated carbocycles. The molecular weight excluding hydrogens is 358 g/mol. The van der Waals surface area contributed by atoms with Gasteiger partial charge in [-0.2, -0.15) is 0 Å². The van der Waals surface area contributed by atoms with Crippen molar-refractivity contribution in [2.75, 3.05) is 18.4 Å². The van der Waals surface area contributed by atoms with E-state index in [1.54, 1.807) is 23.7 Å². The van der Waals surface area contributed by atoms with Crippen molar-refractivity contribution in [1.82, 2.24) is 20.3 Å². The number of pyridine rings is 1. The standard InChI is InChI=1S/C20H23N5OS/c1-12(2)19(26)23-10-9-22-18-16-14-6-3-7-15(14)27-20(16)25-17(24-18)13-5-4-8-21-11-13/h4-5,8,11-12H,3,6-7,9-10H2,1-2H3,(H,23,26)(H,22,24,25). The van der Waals surface area contributed by atoms with Gasteiger partial charge in [0.2, 0.25) is 5.91 Å². The fourth-order valence-electron chi connectivity index (χ4n) is 3.32.